The van der Waals surface area contributed by atoms with Crippen LogP contribution in [-0.4, -0.2) is 0 Å². The van der Waals surface area contributed by atoms with Crippen LogP contribution in [0, 0.1) is 5.82 Å². The lowest BCUT2D eigenvalue weighted by atomic mass is 10.0. The molecule has 0 bridgehead atoms. The molecule has 1 nitrogen and oxygen atoms in total. The minimum atomic E-state index is -0.145. The SMILES string of the molecule is CCC(NCc1ccccc1F)c1ccccc1. The fourth-order valence-electron chi connectivity index (χ4n) is 2.06. The second-order valence-corrected chi connectivity index (χ2v) is 4.34. The van der Waals surface area contributed by atoms with E-state index in [1.54, 1.807) is 6.07 Å². The first-order chi connectivity index (χ1) is 8.81. The fourth-order valence-corrected chi connectivity index (χ4v) is 2.06. The Morgan fingerprint density at radius 3 is 2.33 bits per heavy atom. The van der Waals surface area contributed by atoms with Crippen LogP contribution in [0.4, 0.5) is 4.39 Å². The van der Waals surface area contributed by atoms with Crippen LogP contribution in [0.25, 0.3) is 0 Å². The van der Waals surface area contributed by atoms with Gasteiger partial charge < -0.3 is 5.32 Å². The van der Waals surface area contributed by atoms with E-state index in [0.717, 1.165) is 6.42 Å². The summed E-state index contributed by atoms with van der Waals surface area (Å²) in [7, 11) is 0. The molecule has 2 aromatic rings. The predicted octanol–water partition coefficient (Wildman–Crippen LogP) is 4.07. The molecule has 1 N–H and O–H groups in total. The van der Waals surface area contributed by atoms with Gasteiger partial charge in [-0.15, -0.1) is 0 Å². The second kappa shape index (κ2) is 6.31. The molecule has 1 unspecified atom stereocenters. The first-order valence-corrected chi connectivity index (χ1v) is 6.33. The molecule has 2 aromatic carbocycles. The lowest BCUT2D eigenvalue weighted by Crippen LogP contribution is -2.20. The Balaban J connectivity index is 2.02. The number of nitrogens with one attached hydrogen (secondary N) is 1. The first-order valence-electron chi connectivity index (χ1n) is 6.33. The molecule has 94 valence electrons. The van der Waals surface area contributed by atoms with Crippen LogP contribution >= 0.6 is 0 Å². The van der Waals surface area contributed by atoms with E-state index in [4.69, 9.17) is 0 Å². The number of hydrogen-bond acceptors (Lipinski definition) is 1. The van der Waals surface area contributed by atoms with Crippen LogP contribution in [0.3, 0.4) is 0 Å². The third kappa shape index (κ3) is 3.17. The summed E-state index contributed by atoms with van der Waals surface area (Å²) in [6.45, 7) is 2.69. The molecule has 18 heavy (non-hydrogen) atoms. The number of halogens is 1. The summed E-state index contributed by atoms with van der Waals surface area (Å²) in [5.41, 5.74) is 1.96. The average molecular weight is 243 g/mol. The lowest BCUT2D eigenvalue weighted by Gasteiger charge is -2.17. The highest BCUT2D eigenvalue weighted by Gasteiger charge is 2.09. The van der Waals surface area contributed by atoms with Crippen LogP contribution in [-0.2, 0) is 6.54 Å². The molecule has 0 aliphatic rings. The van der Waals surface area contributed by atoms with Gasteiger partial charge in [0, 0.05) is 18.2 Å². The molecule has 0 aliphatic carbocycles. The Hall–Kier alpha value is -1.67. The van der Waals surface area contributed by atoms with E-state index >= 15 is 0 Å². The molecule has 0 saturated carbocycles. The molecule has 0 aromatic heterocycles. The summed E-state index contributed by atoms with van der Waals surface area (Å²) in [4.78, 5) is 0. The highest BCUT2D eigenvalue weighted by atomic mass is 19.1. The third-order valence-corrected chi connectivity index (χ3v) is 3.11. The normalized spacial score (nSPS) is 12.3. The van der Waals surface area contributed by atoms with Gasteiger partial charge in [0.25, 0.3) is 0 Å². The van der Waals surface area contributed by atoms with E-state index < -0.39 is 0 Å². The number of benzene rings is 2. The molecule has 0 amide bonds. The molecule has 2 heteroatoms. The smallest absolute Gasteiger partial charge is 0.127 e. The molecule has 0 aliphatic heterocycles. The minimum Gasteiger partial charge on any atom is -0.306 e. The van der Waals surface area contributed by atoms with Crippen molar-refractivity contribution in [2.45, 2.75) is 25.9 Å². The van der Waals surface area contributed by atoms with Crippen molar-refractivity contribution < 1.29 is 4.39 Å². The highest BCUT2D eigenvalue weighted by molar-refractivity contribution is 5.20. The van der Waals surface area contributed by atoms with Crippen molar-refractivity contribution in [2.75, 3.05) is 0 Å². The molecule has 0 fully saturated rings. The van der Waals surface area contributed by atoms with Crippen molar-refractivity contribution >= 4 is 0 Å². The highest BCUT2D eigenvalue weighted by Crippen LogP contribution is 2.17. The van der Waals surface area contributed by atoms with Gasteiger partial charge in [0.15, 0.2) is 0 Å². The van der Waals surface area contributed by atoms with E-state index in [-0.39, 0.29) is 11.9 Å². The number of hydrogen-bond donors (Lipinski definition) is 1. The van der Waals surface area contributed by atoms with E-state index in [0.29, 0.717) is 12.1 Å². The monoisotopic (exact) mass is 243 g/mol. The van der Waals surface area contributed by atoms with Gasteiger partial charge in [-0.25, -0.2) is 4.39 Å². The van der Waals surface area contributed by atoms with E-state index in [2.05, 4.69) is 24.4 Å². The maximum Gasteiger partial charge on any atom is 0.127 e. The van der Waals surface area contributed by atoms with Gasteiger partial charge in [-0.2, -0.15) is 0 Å². The maximum atomic E-state index is 13.5. The van der Waals surface area contributed by atoms with Crippen molar-refractivity contribution in [1.29, 1.82) is 0 Å². The summed E-state index contributed by atoms with van der Waals surface area (Å²) < 4.78 is 13.5. The predicted molar refractivity (Wildman–Crippen MR) is 72.7 cm³/mol. The van der Waals surface area contributed by atoms with Crippen LogP contribution < -0.4 is 5.32 Å². The zero-order valence-electron chi connectivity index (χ0n) is 10.6. The van der Waals surface area contributed by atoms with E-state index in [9.17, 15) is 4.39 Å². The lowest BCUT2D eigenvalue weighted by molar-refractivity contribution is 0.504. The van der Waals surface area contributed by atoms with Gasteiger partial charge in [-0.1, -0.05) is 55.5 Å². The summed E-state index contributed by atoms with van der Waals surface area (Å²) in [5, 5.41) is 3.40. The van der Waals surface area contributed by atoms with Crippen molar-refractivity contribution in [1.82, 2.24) is 5.32 Å². The average Bonchev–Trinajstić information content (AvgIpc) is 2.42. The van der Waals surface area contributed by atoms with Crippen molar-refractivity contribution in [3.8, 4) is 0 Å². The molecule has 1 atom stereocenters. The molecule has 0 heterocycles. The Kier molecular flexibility index (Phi) is 4.48. The molecular weight excluding hydrogens is 225 g/mol. The Morgan fingerprint density at radius 2 is 1.67 bits per heavy atom. The summed E-state index contributed by atoms with van der Waals surface area (Å²) in [6.07, 6.45) is 0.985. The van der Waals surface area contributed by atoms with Gasteiger partial charge in [0.05, 0.1) is 0 Å². The van der Waals surface area contributed by atoms with Crippen molar-refractivity contribution in [3.63, 3.8) is 0 Å². The fraction of sp³-hybridized carbons (Fsp3) is 0.250. The Morgan fingerprint density at radius 1 is 1.00 bits per heavy atom. The molecule has 2 rings (SSSR count). The summed E-state index contributed by atoms with van der Waals surface area (Å²) >= 11 is 0. The molecule has 0 saturated heterocycles. The quantitative estimate of drug-likeness (QED) is 0.834. The topological polar surface area (TPSA) is 12.0 Å². The number of rotatable bonds is 5. The standard InChI is InChI=1S/C16H18FN/c1-2-16(13-8-4-3-5-9-13)18-12-14-10-6-7-11-15(14)17/h3-11,16,18H,2,12H2,1H3. The largest absolute Gasteiger partial charge is 0.306 e. The van der Waals surface area contributed by atoms with Crippen LogP contribution in [0.2, 0.25) is 0 Å². The third-order valence-electron chi connectivity index (χ3n) is 3.11. The first kappa shape index (κ1) is 12.8. The van der Waals surface area contributed by atoms with Crippen molar-refractivity contribution in [2.24, 2.45) is 0 Å². The maximum absolute atomic E-state index is 13.5. The van der Waals surface area contributed by atoms with Crippen LogP contribution in [0.1, 0.15) is 30.5 Å². The molecule has 0 spiro atoms. The van der Waals surface area contributed by atoms with Gasteiger partial charge in [0.1, 0.15) is 5.82 Å². The van der Waals surface area contributed by atoms with Gasteiger partial charge >= 0.3 is 0 Å². The van der Waals surface area contributed by atoms with Crippen molar-refractivity contribution in [3.05, 3.63) is 71.5 Å². The Bertz CT molecular complexity index is 481. The summed E-state index contributed by atoms with van der Waals surface area (Å²) in [6, 6.07) is 17.4. The van der Waals surface area contributed by atoms with E-state index in [1.807, 2.05) is 30.3 Å². The zero-order chi connectivity index (χ0) is 12.8. The van der Waals surface area contributed by atoms with Crippen LogP contribution in [0.5, 0.6) is 0 Å². The Labute approximate surface area is 108 Å². The molecule has 0 radical (unpaired) electrons. The van der Waals surface area contributed by atoms with Gasteiger partial charge in [0.2, 0.25) is 0 Å². The van der Waals surface area contributed by atoms with E-state index in [1.165, 1.54) is 11.6 Å². The minimum absolute atomic E-state index is 0.145. The van der Waals surface area contributed by atoms with Gasteiger partial charge in [-0.05, 0) is 18.1 Å². The van der Waals surface area contributed by atoms with Gasteiger partial charge in [-0.3, -0.25) is 0 Å². The molecular formula is C16H18FN. The summed E-state index contributed by atoms with van der Waals surface area (Å²) in [5.74, 6) is -0.145. The second-order valence-electron chi connectivity index (χ2n) is 4.34. The zero-order valence-corrected chi connectivity index (χ0v) is 10.6. The van der Waals surface area contributed by atoms with Crippen LogP contribution in [0.15, 0.2) is 54.6 Å².